The van der Waals surface area contributed by atoms with Crippen LogP contribution in [0.1, 0.15) is 25.8 Å². The third-order valence-electron chi connectivity index (χ3n) is 3.41. The minimum absolute atomic E-state index is 0.445. The number of benzene rings is 1. The van der Waals surface area contributed by atoms with Gasteiger partial charge in [0.1, 0.15) is 6.07 Å². The lowest BCUT2D eigenvalue weighted by Gasteiger charge is -2.21. The molecule has 1 atom stereocenters. The number of hydrogen-bond donors (Lipinski definition) is 1. The summed E-state index contributed by atoms with van der Waals surface area (Å²) >= 11 is 3.39. The molecule has 1 aromatic carbocycles. The number of likely N-dealkylation sites (tertiary alicyclic amines) is 1. The Hall–Kier alpha value is -1.05. The maximum atomic E-state index is 9.14. The average Bonchev–Trinajstić information content (AvgIpc) is 2.80. The maximum absolute atomic E-state index is 9.14. The lowest BCUT2D eigenvalue weighted by atomic mass is 10.1. The molecule has 0 aromatic heterocycles. The van der Waals surface area contributed by atoms with E-state index in [-0.39, 0.29) is 0 Å². The number of halogens is 1. The molecule has 0 amide bonds. The van der Waals surface area contributed by atoms with Crippen molar-refractivity contribution in [2.75, 3.05) is 18.4 Å². The lowest BCUT2D eigenvalue weighted by Crippen LogP contribution is -2.31. The third-order valence-corrected chi connectivity index (χ3v) is 3.90. The zero-order valence-electron chi connectivity index (χ0n) is 10.8. The van der Waals surface area contributed by atoms with Gasteiger partial charge in [0, 0.05) is 29.6 Å². The van der Waals surface area contributed by atoms with E-state index in [2.05, 4.69) is 46.1 Å². The van der Waals surface area contributed by atoms with E-state index in [9.17, 15) is 0 Å². The third kappa shape index (κ3) is 3.04. The van der Waals surface area contributed by atoms with Crippen LogP contribution in [0, 0.1) is 11.3 Å². The fourth-order valence-corrected chi connectivity index (χ4v) is 2.69. The zero-order chi connectivity index (χ0) is 13.1. The summed E-state index contributed by atoms with van der Waals surface area (Å²) in [7, 11) is 0. The normalized spacial score (nSPS) is 20.1. The zero-order valence-corrected chi connectivity index (χ0v) is 12.4. The van der Waals surface area contributed by atoms with Crippen molar-refractivity contribution in [3.8, 4) is 6.07 Å². The van der Waals surface area contributed by atoms with E-state index >= 15 is 0 Å². The molecular weight excluding hydrogens is 290 g/mol. The topological polar surface area (TPSA) is 39.1 Å². The lowest BCUT2D eigenvalue weighted by molar-refractivity contribution is 0.274. The van der Waals surface area contributed by atoms with Crippen LogP contribution in [0.3, 0.4) is 0 Å². The van der Waals surface area contributed by atoms with Crippen molar-refractivity contribution in [2.45, 2.75) is 32.4 Å². The van der Waals surface area contributed by atoms with Crippen LogP contribution in [-0.2, 0) is 0 Å². The first kappa shape index (κ1) is 13.4. The molecule has 3 nitrogen and oxygen atoms in total. The van der Waals surface area contributed by atoms with Gasteiger partial charge in [-0.1, -0.05) is 15.9 Å². The fraction of sp³-hybridized carbons (Fsp3) is 0.500. The SMILES string of the molecule is CC(C)N1CCC(Nc2ccc(Br)cc2C#N)C1. The summed E-state index contributed by atoms with van der Waals surface area (Å²) in [5.74, 6) is 0. The minimum Gasteiger partial charge on any atom is -0.380 e. The molecule has 0 bridgehead atoms. The molecule has 1 aromatic rings. The Morgan fingerprint density at radius 1 is 1.50 bits per heavy atom. The van der Waals surface area contributed by atoms with Crippen LogP contribution < -0.4 is 5.32 Å². The Morgan fingerprint density at radius 3 is 2.89 bits per heavy atom. The van der Waals surface area contributed by atoms with Crippen molar-refractivity contribution in [2.24, 2.45) is 0 Å². The van der Waals surface area contributed by atoms with Gasteiger partial charge < -0.3 is 5.32 Å². The molecule has 0 aliphatic carbocycles. The molecule has 1 aliphatic heterocycles. The number of hydrogen-bond acceptors (Lipinski definition) is 3. The maximum Gasteiger partial charge on any atom is 0.101 e. The number of anilines is 1. The highest BCUT2D eigenvalue weighted by Gasteiger charge is 2.24. The van der Waals surface area contributed by atoms with Gasteiger partial charge in [-0.2, -0.15) is 5.26 Å². The Bertz CT molecular complexity index is 465. The Balaban J connectivity index is 2.05. The number of nitriles is 1. The Morgan fingerprint density at radius 2 is 2.28 bits per heavy atom. The fourth-order valence-electron chi connectivity index (χ4n) is 2.33. The largest absolute Gasteiger partial charge is 0.380 e. The van der Waals surface area contributed by atoms with E-state index in [1.807, 2.05) is 18.2 Å². The van der Waals surface area contributed by atoms with Crippen molar-refractivity contribution in [1.82, 2.24) is 4.90 Å². The minimum atomic E-state index is 0.445. The summed E-state index contributed by atoms with van der Waals surface area (Å²) in [5, 5.41) is 12.6. The van der Waals surface area contributed by atoms with E-state index in [1.54, 1.807) is 0 Å². The van der Waals surface area contributed by atoms with E-state index in [1.165, 1.54) is 0 Å². The van der Waals surface area contributed by atoms with E-state index in [4.69, 9.17) is 5.26 Å². The summed E-state index contributed by atoms with van der Waals surface area (Å²) in [6, 6.07) is 9.08. The summed E-state index contributed by atoms with van der Waals surface area (Å²) in [6.45, 7) is 6.64. The van der Waals surface area contributed by atoms with Crippen LogP contribution in [0.2, 0.25) is 0 Å². The van der Waals surface area contributed by atoms with E-state index in [0.29, 0.717) is 17.6 Å². The van der Waals surface area contributed by atoms with Crippen molar-refractivity contribution < 1.29 is 0 Å². The quantitative estimate of drug-likeness (QED) is 0.932. The molecule has 0 saturated carbocycles. The van der Waals surface area contributed by atoms with Gasteiger partial charge in [-0.25, -0.2) is 0 Å². The second-order valence-corrected chi connectivity index (χ2v) is 5.94. The molecule has 2 rings (SSSR count). The van der Waals surface area contributed by atoms with Gasteiger partial charge in [0.2, 0.25) is 0 Å². The Kier molecular flexibility index (Phi) is 4.26. The van der Waals surface area contributed by atoms with Crippen LogP contribution in [0.15, 0.2) is 22.7 Å². The predicted octanol–water partition coefficient (Wildman–Crippen LogP) is 3.22. The smallest absolute Gasteiger partial charge is 0.101 e. The molecule has 1 aliphatic rings. The summed E-state index contributed by atoms with van der Waals surface area (Å²) in [5.41, 5.74) is 1.64. The van der Waals surface area contributed by atoms with Gasteiger partial charge in [-0.05, 0) is 38.5 Å². The van der Waals surface area contributed by atoms with Crippen LogP contribution in [0.4, 0.5) is 5.69 Å². The van der Waals surface area contributed by atoms with Gasteiger partial charge in [-0.15, -0.1) is 0 Å². The molecule has 1 fully saturated rings. The molecule has 18 heavy (non-hydrogen) atoms. The summed E-state index contributed by atoms with van der Waals surface area (Å²) in [4.78, 5) is 2.46. The highest BCUT2D eigenvalue weighted by molar-refractivity contribution is 9.10. The first-order valence-electron chi connectivity index (χ1n) is 6.30. The highest BCUT2D eigenvalue weighted by atomic mass is 79.9. The van der Waals surface area contributed by atoms with Crippen molar-refractivity contribution in [3.05, 3.63) is 28.2 Å². The van der Waals surface area contributed by atoms with Crippen molar-refractivity contribution in [1.29, 1.82) is 5.26 Å². The molecule has 1 N–H and O–H groups in total. The van der Waals surface area contributed by atoms with Crippen molar-refractivity contribution >= 4 is 21.6 Å². The molecule has 1 saturated heterocycles. The summed E-state index contributed by atoms with van der Waals surface area (Å²) < 4.78 is 0.944. The van der Waals surface area contributed by atoms with Crippen LogP contribution in [0.5, 0.6) is 0 Å². The van der Waals surface area contributed by atoms with E-state index < -0.39 is 0 Å². The monoisotopic (exact) mass is 307 g/mol. The first-order chi connectivity index (χ1) is 8.60. The van der Waals surface area contributed by atoms with Gasteiger partial charge in [0.25, 0.3) is 0 Å². The van der Waals surface area contributed by atoms with Crippen molar-refractivity contribution in [3.63, 3.8) is 0 Å². The number of nitrogens with zero attached hydrogens (tertiary/aromatic N) is 2. The Labute approximate surface area is 117 Å². The standard InChI is InChI=1S/C14H18BrN3/c1-10(2)18-6-5-13(9-18)17-14-4-3-12(15)7-11(14)8-16/h3-4,7,10,13,17H,5-6,9H2,1-2H3. The second-order valence-electron chi connectivity index (χ2n) is 5.02. The molecular formula is C14H18BrN3. The number of nitrogens with one attached hydrogen (secondary N) is 1. The van der Waals surface area contributed by atoms with Crippen LogP contribution >= 0.6 is 15.9 Å². The average molecular weight is 308 g/mol. The van der Waals surface area contributed by atoms with Gasteiger partial charge in [-0.3, -0.25) is 4.90 Å². The molecule has 0 spiro atoms. The molecule has 0 radical (unpaired) electrons. The predicted molar refractivity (Wildman–Crippen MR) is 77.6 cm³/mol. The van der Waals surface area contributed by atoms with E-state index in [0.717, 1.165) is 29.7 Å². The molecule has 4 heteroatoms. The number of rotatable bonds is 3. The van der Waals surface area contributed by atoms with Gasteiger partial charge >= 0.3 is 0 Å². The van der Waals surface area contributed by atoms with Crippen LogP contribution in [-0.4, -0.2) is 30.1 Å². The van der Waals surface area contributed by atoms with Crippen LogP contribution in [0.25, 0.3) is 0 Å². The molecule has 1 unspecified atom stereocenters. The molecule has 1 heterocycles. The highest BCUT2D eigenvalue weighted by Crippen LogP contribution is 2.23. The second kappa shape index (κ2) is 5.73. The van der Waals surface area contributed by atoms with Gasteiger partial charge in [0.05, 0.1) is 11.3 Å². The molecule has 96 valence electrons. The first-order valence-corrected chi connectivity index (χ1v) is 7.09. The van der Waals surface area contributed by atoms with Gasteiger partial charge in [0.15, 0.2) is 0 Å². The summed E-state index contributed by atoms with van der Waals surface area (Å²) in [6.07, 6.45) is 1.14.